The van der Waals surface area contributed by atoms with E-state index in [1.807, 2.05) is 0 Å². The summed E-state index contributed by atoms with van der Waals surface area (Å²) in [4.78, 5) is 0. The van der Waals surface area contributed by atoms with Gasteiger partial charge in [0.2, 0.25) is 0 Å². The van der Waals surface area contributed by atoms with Crippen LogP contribution in [-0.2, 0) is 12.0 Å². The molecule has 2 heteroatoms. The summed E-state index contributed by atoms with van der Waals surface area (Å²) < 4.78 is 5.70. The fourth-order valence-corrected chi connectivity index (χ4v) is 2.95. The van der Waals surface area contributed by atoms with Gasteiger partial charge in [0.05, 0.1) is 7.11 Å². The lowest BCUT2D eigenvalue weighted by Crippen LogP contribution is -2.44. The first-order valence-electron chi connectivity index (χ1n) is 7.02. The van der Waals surface area contributed by atoms with Crippen molar-refractivity contribution in [1.29, 1.82) is 0 Å². The molecular weight excluding hydrogens is 222 g/mol. The summed E-state index contributed by atoms with van der Waals surface area (Å²) in [5.41, 5.74) is 10.3. The van der Waals surface area contributed by atoms with Crippen molar-refractivity contribution < 1.29 is 4.74 Å². The van der Waals surface area contributed by atoms with E-state index in [0.29, 0.717) is 5.92 Å². The van der Waals surface area contributed by atoms with Crippen LogP contribution in [0.15, 0.2) is 12.1 Å². The topological polar surface area (TPSA) is 35.2 Å². The number of ether oxygens (including phenoxy) is 1. The largest absolute Gasteiger partial charge is 0.496 e. The molecule has 0 radical (unpaired) electrons. The van der Waals surface area contributed by atoms with E-state index < -0.39 is 0 Å². The van der Waals surface area contributed by atoms with Gasteiger partial charge in [-0.1, -0.05) is 32.9 Å². The quantitative estimate of drug-likeness (QED) is 0.880. The van der Waals surface area contributed by atoms with Crippen LogP contribution in [0.5, 0.6) is 5.75 Å². The molecule has 0 bridgehead atoms. The van der Waals surface area contributed by atoms with Crippen molar-refractivity contribution in [2.24, 2.45) is 5.73 Å². The maximum absolute atomic E-state index is 6.58. The molecule has 2 N–H and O–H groups in total. The third-order valence-corrected chi connectivity index (χ3v) is 4.22. The number of hydrogen-bond acceptors (Lipinski definition) is 2. The summed E-state index contributed by atoms with van der Waals surface area (Å²) >= 11 is 0. The Balaban J connectivity index is 2.63. The zero-order chi connectivity index (χ0) is 13.3. The third-order valence-electron chi connectivity index (χ3n) is 4.22. The molecule has 1 saturated carbocycles. The van der Waals surface area contributed by atoms with Crippen LogP contribution in [0.25, 0.3) is 0 Å². The molecule has 1 fully saturated rings. The summed E-state index contributed by atoms with van der Waals surface area (Å²) in [6, 6.07) is 4.44. The van der Waals surface area contributed by atoms with E-state index in [2.05, 4.69) is 32.9 Å². The molecule has 0 atom stereocenters. The van der Waals surface area contributed by atoms with Crippen molar-refractivity contribution in [3.63, 3.8) is 0 Å². The van der Waals surface area contributed by atoms with Gasteiger partial charge in [-0.15, -0.1) is 0 Å². The lowest BCUT2D eigenvalue weighted by molar-refractivity contribution is 0.240. The zero-order valence-electron chi connectivity index (χ0n) is 12.0. The Morgan fingerprint density at radius 3 is 2.39 bits per heavy atom. The van der Waals surface area contributed by atoms with Gasteiger partial charge in [0.15, 0.2) is 0 Å². The van der Waals surface area contributed by atoms with E-state index in [4.69, 9.17) is 10.5 Å². The Hall–Kier alpha value is -1.02. The predicted octanol–water partition coefficient (Wildman–Crippen LogP) is 3.72. The van der Waals surface area contributed by atoms with Gasteiger partial charge in [-0.2, -0.15) is 0 Å². The molecule has 0 spiro atoms. The molecule has 2 rings (SSSR count). The van der Waals surface area contributed by atoms with Gasteiger partial charge in [0.1, 0.15) is 5.75 Å². The average molecular weight is 247 g/mol. The predicted molar refractivity (Wildman–Crippen MR) is 76.2 cm³/mol. The fraction of sp³-hybridized carbons (Fsp3) is 0.625. The normalized spacial score (nSPS) is 17.7. The highest BCUT2D eigenvalue weighted by Crippen LogP contribution is 2.47. The minimum Gasteiger partial charge on any atom is -0.496 e. The second kappa shape index (κ2) is 4.93. The molecule has 1 aliphatic carbocycles. The van der Waals surface area contributed by atoms with Crippen molar-refractivity contribution in [3.8, 4) is 5.75 Å². The maximum Gasteiger partial charge on any atom is 0.127 e. The van der Waals surface area contributed by atoms with Gasteiger partial charge in [0.25, 0.3) is 0 Å². The van der Waals surface area contributed by atoms with Crippen LogP contribution in [0.3, 0.4) is 0 Å². The Kier molecular flexibility index (Phi) is 3.67. The maximum atomic E-state index is 6.58. The average Bonchev–Trinajstić information content (AvgIpc) is 2.33. The Morgan fingerprint density at radius 2 is 2.00 bits per heavy atom. The van der Waals surface area contributed by atoms with Crippen LogP contribution in [0.1, 0.15) is 62.6 Å². The van der Waals surface area contributed by atoms with E-state index in [1.165, 1.54) is 23.1 Å². The van der Waals surface area contributed by atoms with Crippen molar-refractivity contribution >= 4 is 0 Å². The van der Waals surface area contributed by atoms with Crippen LogP contribution in [-0.4, -0.2) is 7.11 Å². The van der Waals surface area contributed by atoms with Gasteiger partial charge in [0, 0.05) is 11.1 Å². The molecule has 1 aliphatic rings. The minimum atomic E-state index is -0.157. The number of hydrogen-bond donors (Lipinski definition) is 1. The number of methoxy groups -OCH3 is 1. The summed E-state index contributed by atoms with van der Waals surface area (Å²) in [7, 11) is 1.77. The van der Waals surface area contributed by atoms with Crippen molar-refractivity contribution in [1.82, 2.24) is 0 Å². The summed E-state index contributed by atoms with van der Waals surface area (Å²) in [5, 5.41) is 0. The Labute approximate surface area is 111 Å². The fourth-order valence-electron chi connectivity index (χ4n) is 2.95. The summed E-state index contributed by atoms with van der Waals surface area (Å²) in [6.45, 7) is 6.62. The van der Waals surface area contributed by atoms with Crippen molar-refractivity contribution in [3.05, 3.63) is 28.8 Å². The van der Waals surface area contributed by atoms with Crippen molar-refractivity contribution in [2.75, 3.05) is 7.11 Å². The van der Waals surface area contributed by atoms with E-state index in [1.54, 1.807) is 7.11 Å². The molecule has 100 valence electrons. The highest BCUT2D eigenvalue weighted by molar-refractivity contribution is 5.52. The van der Waals surface area contributed by atoms with E-state index in [9.17, 15) is 0 Å². The number of rotatable bonds is 4. The monoisotopic (exact) mass is 247 g/mol. The van der Waals surface area contributed by atoms with Gasteiger partial charge < -0.3 is 10.5 Å². The minimum absolute atomic E-state index is 0.157. The molecule has 1 aromatic carbocycles. The van der Waals surface area contributed by atoms with E-state index >= 15 is 0 Å². The first-order valence-corrected chi connectivity index (χ1v) is 7.02. The van der Waals surface area contributed by atoms with E-state index in [-0.39, 0.29) is 5.54 Å². The number of benzene rings is 1. The van der Waals surface area contributed by atoms with Crippen LogP contribution < -0.4 is 10.5 Å². The molecule has 0 unspecified atom stereocenters. The molecule has 2 nitrogen and oxygen atoms in total. The SMILES string of the molecule is CCc1ccc(C(C)C)c(C2(N)CCC2)c1OC. The lowest BCUT2D eigenvalue weighted by Gasteiger charge is -2.41. The lowest BCUT2D eigenvalue weighted by atomic mass is 9.69. The highest BCUT2D eigenvalue weighted by atomic mass is 16.5. The molecule has 18 heavy (non-hydrogen) atoms. The zero-order valence-corrected chi connectivity index (χ0v) is 12.0. The summed E-state index contributed by atoms with van der Waals surface area (Å²) in [6.07, 6.45) is 4.38. The van der Waals surface area contributed by atoms with Crippen LogP contribution in [0.2, 0.25) is 0 Å². The second-order valence-electron chi connectivity index (χ2n) is 5.74. The molecular formula is C16H25NO. The smallest absolute Gasteiger partial charge is 0.127 e. The Morgan fingerprint density at radius 1 is 1.33 bits per heavy atom. The van der Waals surface area contributed by atoms with Crippen molar-refractivity contribution in [2.45, 2.75) is 57.9 Å². The van der Waals surface area contributed by atoms with Crippen LogP contribution in [0.4, 0.5) is 0 Å². The standard InChI is InChI=1S/C16H25NO/c1-5-12-7-8-13(11(2)3)14(15(12)18-4)16(17)9-6-10-16/h7-8,11H,5-6,9-10,17H2,1-4H3. The molecule has 0 heterocycles. The highest BCUT2D eigenvalue weighted by Gasteiger charge is 2.39. The molecule has 0 amide bonds. The molecule has 0 aliphatic heterocycles. The summed E-state index contributed by atoms with van der Waals surface area (Å²) in [5.74, 6) is 1.52. The molecule has 0 saturated heterocycles. The first-order chi connectivity index (χ1) is 8.53. The van der Waals surface area contributed by atoms with E-state index in [0.717, 1.165) is 25.0 Å². The van der Waals surface area contributed by atoms with Gasteiger partial charge in [-0.25, -0.2) is 0 Å². The van der Waals surface area contributed by atoms with Crippen LogP contribution >= 0.6 is 0 Å². The number of aryl methyl sites for hydroxylation is 1. The Bertz CT molecular complexity index is 433. The molecule has 1 aromatic rings. The van der Waals surface area contributed by atoms with Gasteiger partial charge >= 0.3 is 0 Å². The van der Waals surface area contributed by atoms with Crippen LogP contribution in [0, 0.1) is 0 Å². The van der Waals surface area contributed by atoms with Gasteiger partial charge in [-0.05, 0) is 42.7 Å². The number of nitrogens with two attached hydrogens (primary N) is 1. The third kappa shape index (κ3) is 2.03. The van der Waals surface area contributed by atoms with Gasteiger partial charge in [-0.3, -0.25) is 0 Å². The first kappa shape index (κ1) is 13.4. The molecule has 0 aromatic heterocycles. The second-order valence-corrected chi connectivity index (χ2v) is 5.74.